The lowest BCUT2D eigenvalue weighted by Crippen LogP contribution is -2.11. The third-order valence-electron chi connectivity index (χ3n) is 3.29. The Morgan fingerprint density at radius 3 is 2.73 bits per heavy atom. The second-order valence-corrected chi connectivity index (χ2v) is 5.56. The number of furan rings is 1. The van der Waals surface area contributed by atoms with Gasteiger partial charge in [0.05, 0.1) is 5.56 Å². The minimum atomic E-state index is -0.184. The number of carbonyl (C=O) groups is 1. The molecule has 2 aromatic rings. The highest BCUT2D eigenvalue weighted by molar-refractivity contribution is 6.30. The van der Waals surface area contributed by atoms with Crippen molar-refractivity contribution < 1.29 is 9.21 Å². The summed E-state index contributed by atoms with van der Waals surface area (Å²) in [6.07, 6.45) is 7.32. The molecule has 0 atom stereocenters. The molecule has 0 aliphatic carbocycles. The van der Waals surface area contributed by atoms with Gasteiger partial charge in [0.15, 0.2) is 0 Å². The molecule has 0 saturated heterocycles. The van der Waals surface area contributed by atoms with Gasteiger partial charge in [-0.25, -0.2) is 0 Å². The lowest BCUT2D eigenvalue weighted by Gasteiger charge is -2.03. The lowest BCUT2D eigenvalue weighted by atomic mass is 10.2. The maximum absolute atomic E-state index is 12.3. The highest BCUT2D eigenvalue weighted by Gasteiger charge is 2.14. The lowest BCUT2D eigenvalue weighted by molar-refractivity contribution is 0.102. The number of benzene rings is 1. The van der Waals surface area contributed by atoms with E-state index in [0.29, 0.717) is 27.8 Å². The number of hydrogen-bond acceptors (Lipinski definition) is 2. The highest BCUT2D eigenvalue weighted by Crippen LogP contribution is 2.19. The van der Waals surface area contributed by atoms with Crippen LogP contribution < -0.4 is 5.32 Å². The topological polar surface area (TPSA) is 42.2 Å². The van der Waals surface area contributed by atoms with E-state index in [0.717, 1.165) is 19.3 Å². The molecule has 0 aliphatic rings. The number of hydrogen-bond donors (Lipinski definition) is 1. The Morgan fingerprint density at radius 2 is 2.05 bits per heavy atom. The van der Waals surface area contributed by atoms with Gasteiger partial charge in [-0.3, -0.25) is 4.79 Å². The molecule has 1 aromatic heterocycles. The standard InChI is InChI=1S/C18H20ClNO2/c1-3-4-5-6-7-16-12-17(13(2)22-16)18(21)20-15-10-8-14(19)9-11-15/h6-12H,3-5H2,1-2H3,(H,20,21)/b7-6+. The van der Waals surface area contributed by atoms with Crippen molar-refractivity contribution in [1.82, 2.24) is 0 Å². The molecule has 22 heavy (non-hydrogen) atoms. The maximum atomic E-state index is 12.3. The zero-order chi connectivity index (χ0) is 15.9. The Bertz CT molecular complexity index is 656. The molecule has 0 fully saturated rings. The fourth-order valence-corrected chi connectivity index (χ4v) is 2.19. The first-order chi connectivity index (χ1) is 10.6. The van der Waals surface area contributed by atoms with Gasteiger partial charge in [-0.2, -0.15) is 0 Å². The van der Waals surface area contributed by atoms with Crippen molar-refractivity contribution in [3.05, 3.63) is 58.5 Å². The molecule has 4 heteroatoms. The quantitative estimate of drug-likeness (QED) is 0.695. The molecule has 1 N–H and O–H groups in total. The van der Waals surface area contributed by atoms with Gasteiger partial charge in [0.1, 0.15) is 11.5 Å². The monoisotopic (exact) mass is 317 g/mol. The van der Waals surface area contributed by atoms with E-state index < -0.39 is 0 Å². The van der Waals surface area contributed by atoms with Gasteiger partial charge in [0, 0.05) is 10.7 Å². The highest BCUT2D eigenvalue weighted by atomic mass is 35.5. The largest absolute Gasteiger partial charge is 0.461 e. The fraction of sp³-hybridized carbons (Fsp3) is 0.278. The Morgan fingerprint density at radius 1 is 1.32 bits per heavy atom. The molecule has 0 unspecified atom stereocenters. The number of aryl methyl sites for hydroxylation is 1. The van der Waals surface area contributed by atoms with E-state index in [4.69, 9.17) is 16.0 Å². The first-order valence-electron chi connectivity index (χ1n) is 7.44. The maximum Gasteiger partial charge on any atom is 0.259 e. The molecule has 1 heterocycles. The van der Waals surface area contributed by atoms with Crippen molar-refractivity contribution >= 4 is 29.3 Å². The minimum Gasteiger partial charge on any atom is -0.461 e. The molecule has 3 nitrogen and oxygen atoms in total. The van der Waals surface area contributed by atoms with Crippen LogP contribution in [0, 0.1) is 6.92 Å². The van der Waals surface area contributed by atoms with Gasteiger partial charge in [-0.05, 0) is 49.8 Å². The summed E-state index contributed by atoms with van der Waals surface area (Å²) in [7, 11) is 0. The molecular formula is C18H20ClNO2. The van der Waals surface area contributed by atoms with Gasteiger partial charge in [0.25, 0.3) is 5.91 Å². The molecule has 0 saturated carbocycles. The summed E-state index contributed by atoms with van der Waals surface area (Å²) >= 11 is 5.83. The van der Waals surface area contributed by atoms with Crippen LogP contribution in [0.5, 0.6) is 0 Å². The zero-order valence-corrected chi connectivity index (χ0v) is 13.6. The van der Waals surface area contributed by atoms with E-state index >= 15 is 0 Å². The van der Waals surface area contributed by atoms with E-state index in [1.807, 2.05) is 6.08 Å². The normalized spacial score (nSPS) is 11.0. The van der Waals surface area contributed by atoms with Crippen LogP contribution in [0.15, 0.2) is 40.8 Å². The van der Waals surface area contributed by atoms with Crippen LogP contribution in [0.1, 0.15) is 48.1 Å². The first-order valence-corrected chi connectivity index (χ1v) is 7.82. The average molecular weight is 318 g/mol. The van der Waals surface area contributed by atoms with E-state index in [1.54, 1.807) is 37.3 Å². The second kappa shape index (κ2) is 7.85. The molecule has 0 spiro atoms. The zero-order valence-electron chi connectivity index (χ0n) is 12.9. The number of halogens is 1. The van der Waals surface area contributed by atoms with Crippen LogP contribution in [0.4, 0.5) is 5.69 Å². The molecule has 1 aromatic carbocycles. The SMILES string of the molecule is CCCC/C=C/c1cc(C(=O)Nc2ccc(Cl)cc2)c(C)o1. The Labute approximate surface area is 136 Å². The van der Waals surface area contributed by atoms with Crippen LogP contribution in [-0.2, 0) is 0 Å². The van der Waals surface area contributed by atoms with Gasteiger partial charge < -0.3 is 9.73 Å². The number of amides is 1. The van der Waals surface area contributed by atoms with Gasteiger partial charge in [-0.15, -0.1) is 0 Å². The molecule has 0 aliphatic heterocycles. The Kier molecular flexibility index (Phi) is 5.84. The third-order valence-corrected chi connectivity index (χ3v) is 3.54. The molecule has 116 valence electrons. The summed E-state index contributed by atoms with van der Waals surface area (Å²) in [5, 5.41) is 3.47. The fourth-order valence-electron chi connectivity index (χ4n) is 2.07. The number of rotatable bonds is 6. The van der Waals surface area contributed by atoms with Crippen LogP contribution in [0.25, 0.3) is 6.08 Å². The van der Waals surface area contributed by atoms with Crippen molar-refractivity contribution in [3.8, 4) is 0 Å². The number of anilines is 1. The predicted octanol–water partition coefficient (Wildman–Crippen LogP) is 5.70. The Hall–Kier alpha value is -2.00. The van der Waals surface area contributed by atoms with Crippen molar-refractivity contribution in [2.24, 2.45) is 0 Å². The van der Waals surface area contributed by atoms with Crippen LogP contribution in [0.3, 0.4) is 0 Å². The summed E-state index contributed by atoms with van der Waals surface area (Å²) in [4.78, 5) is 12.3. The molecule has 0 radical (unpaired) electrons. The summed E-state index contributed by atoms with van der Waals surface area (Å²) in [5.74, 6) is 1.13. The molecular weight excluding hydrogens is 298 g/mol. The second-order valence-electron chi connectivity index (χ2n) is 5.12. The average Bonchev–Trinajstić information content (AvgIpc) is 2.87. The van der Waals surface area contributed by atoms with Crippen LogP contribution >= 0.6 is 11.6 Å². The van der Waals surface area contributed by atoms with E-state index in [9.17, 15) is 4.79 Å². The first kappa shape index (κ1) is 16.4. The number of nitrogens with one attached hydrogen (secondary N) is 1. The van der Waals surface area contributed by atoms with E-state index in [2.05, 4.69) is 18.3 Å². The minimum absolute atomic E-state index is 0.184. The van der Waals surface area contributed by atoms with Crippen LogP contribution in [-0.4, -0.2) is 5.91 Å². The molecule has 0 bridgehead atoms. The third kappa shape index (κ3) is 4.50. The van der Waals surface area contributed by atoms with Crippen molar-refractivity contribution in [3.63, 3.8) is 0 Å². The summed E-state index contributed by atoms with van der Waals surface area (Å²) in [6.45, 7) is 3.95. The molecule has 2 rings (SSSR count). The van der Waals surface area contributed by atoms with E-state index in [-0.39, 0.29) is 5.91 Å². The van der Waals surface area contributed by atoms with Gasteiger partial charge in [0.2, 0.25) is 0 Å². The predicted molar refractivity (Wildman–Crippen MR) is 91.4 cm³/mol. The van der Waals surface area contributed by atoms with E-state index in [1.165, 1.54) is 0 Å². The summed E-state index contributed by atoms with van der Waals surface area (Å²) < 4.78 is 5.60. The number of allylic oxidation sites excluding steroid dienone is 1. The van der Waals surface area contributed by atoms with Gasteiger partial charge in [-0.1, -0.05) is 37.4 Å². The smallest absolute Gasteiger partial charge is 0.259 e. The van der Waals surface area contributed by atoms with Crippen molar-refractivity contribution in [2.75, 3.05) is 5.32 Å². The van der Waals surface area contributed by atoms with Crippen molar-refractivity contribution in [2.45, 2.75) is 33.1 Å². The number of unbranched alkanes of at least 4 members (excludes halogenated alkanes) is 2. The van der Waals surface area contributed by atoms with Gasteiger partial charge >= 0.3 is 0 Å². The van der Waals surface area contributed by atoms with Crippen LogP contribution in [0.2, 0.25) is 5.02 Å². The summed E-state index contributed by atoms with van der Waals surface area (Å²) in [6, 6.07) is 8.77. The van der Waals surface area contributed by atoms with Crippen molar-refractivity contribution in [1.29, 1.82) is 0 Å². The molecule has 1 amide bonds. The summed E-state index contributed by atoms with van der Waals surface area (Å²) in [5.41, 5.74) is 1.25. The number of carbonyl (C=O) groups excluding carboxylic acids is 1. The Balaban J connectivity index is 2.05.